The van der Waals surface area contributed by atoms with E-state index in [0.29, 0.717) is 13.0 Å². The second-order valence-electron chi connectivity index (χ2n) is 7.23. The molecule has 0 spiro atoms. The summed E-state index contributed by atoms with van der Waals surface area (Å²) in [5.74, 6) is 1.17. The van der Waals surface area contributed by atoms with Crippen molar-refractivity contribution in [2.24, 2.45) is 0 Å². The molecule has 2 aromatic rings. The molecule has 1 aromatic carbocycles. The molecule has 1 atom stereocenters. The number of nitrogens with zero attached hydrogens (tertiary/aromatic N) is 4. The number of likely N-dealkylation sites (tertiary alicyclic amines) is 2. The lowest BCUT2D eigenvalue weighted by molar-refractivity contribution is -0.131. The van der Waals surface area contributed by atoms with Crippen LogP contribution in [-0.2, 0) is 16.1 Å². The standard InChI is InChI=1S/C20H26N4O2/c1-2-18(25)23-13-7-10-17(23)20-21-15-8-3-4-9-16(15)24(20)14-19(26)22-11-5-6-12-22/h3-4,8-9,17H,2,5-7,10-14H2,1H3/t17-/m1/s1. The Balaban J connectivity index is 1.71. The number of carbonyl (C=O) groups is 2. The van der Waals surface area contributed by atoms with Crippen LogP contribution in [0, 0.1) is 0 Å². The number of imidazole rings is 1. The maximum atomic E-state index is 12.8. The Hall–Kier alpha value is -2.37. The summed E-state index contributed by atoms with van der Waals surface area (Å²) in [6.07, 6.45) is 4.57. The monoisotopic (exact) mass is 354 g/mol. The summed E-state index contributed by atoms with van der Waals surface area (Å²) in [5, 5.41) is 0. The van der Waals surface area contributed by atoms with Gasteiger partial charge in [0.15, 0.2) is 0 Å². The highest BCUT2D eigenvalue weighted by Gasteiger charge is 2.33. The molecule has 3 heterocycles. The first-order valence-electron chi connectivity index (χ1n) is 9.71. The molecule has 0 saturated carbocycles. The number of carbonyl (C=O) groups excluding carboxylic acids is 2. The third kappa shape index (κ3) is 2.97. The van der Waals surface area contributed by atoms with E-state index in [-0.39, 0.29) is 17.9 Å². The molecule has 0 unspecified atom stereocenters. The topological polar surface area (TPSA) is 58.4 Å². The van der Waals surface area contributed by atoms with E-state index < -0.39 is 0 Å². The maximum absolute atomic E-state index is 12.8. The minimum absolute atomic E-state index is 0.0266. The number of hydrogen-bond donors (Lipinski definition) is 0. The van der Waals surface area contributed by atoms with Crippen molar-refractivity contribution in [1.29, 1.82) is 0 Å². The molecule has 2 aliphatic rings. The molecule has 2 fully saturated rings. The summed E-state index contributed by atoms with van der Waals surface area (Å²) in [4.78, 5) is 33.9. The van der Waals surface area contributed by atoms with Gasteiger partial charge in [0.25, 0.3) is 0 Å². The van der Waals surface area contributed by atoms with Gasteiger partial charge in [-0.1, -0.05) is 19.1 Å². The molecule has 6 heteroatoms. The van der Waals surface area contributed by atoms with Crippen LogP contribution < -0.4 is 0 Å². The van der Waals surface area contributed by atoms with Crippen LogP contribution in [0.4, 0.5) is 0 Å². The first-order valence-corrected chi connectivity index (χ1v) is 9.71. The predicted octanol–water partition coefficient (Wildman–Crippen LogP) is 2.73. The highest BCUT2D eigenvalue weighted by atomic mass is 16.2. The van der Waals surface area contributed by atoms with Gasteiger partial charge in [0.05, 0.1) is 17.1 Å². The summed E-state index contributed by atoms with van der Waals surface area (Å²) in [5.41, 5.74) is 1.87. The highest BCUT2D eigenvalue weighted by Crippen LogP contribution is 2.34. The van der Waals surface area contributed by atoms with Crippen LogP contribution in [0.5, 0.6) is 0 Å². The van der Waals surface area contributed by atoms with E-state index in [0.717, 1.165) is 62.2 Å². The highest BCUT2D eigenvalue weighted by molar-refractivity contribution is 5.82. The third-order valence-electron chi connectivity index (χ3n) is 5.61. The summed E-state index contributed by atoms with van der Waals surface area (Å²) >= 11 is 0. The van der Waals surface area contributed by atoms with Gasteiger partial charge in [-0.05, 0) is 37.8 Å². The van der Waals surface area contributed by atoms with E-state index in [1.807, 2.05) is 45.6 Å². The lowest BCUT2D eigenvalue weighted by Gasteiger charge is -2.25. The molecule has 0 radical (unpaired) electrons. The number of hydrogen-bond acceptors (Lipinski definition) is 3. The van der Waals surface area contributed by atoms with Crippen molar-refractivity contribution in [2.45, 2.75) is 51.6 Å². The average Bonchev–Trinajstić information content (AvgIpc) is 3.40. The fourth-order valence-electron chi connectivity index (χ4n) is 4.25. The van der Waals surface area contributed by atoms with Gasteiger partial charge in [-0.15, -0.1) is 0 Å². The second-order valence-corrected chi connectivity index (χ2v) is 7.23. The van der Waals surface area contributed by atoms with E-state index >= 15 is 0 Å². The van der Waals surface area contributed by atoms with E-state index in [2.05, 4.69) is 0 Å². The number of benzene rings is 1. The molecule has 26 heavy (non-hydrogen) atoms. The van der Waals surface area contributed by atoms with E-state index in [9.17, 15) is 9.59 Å². The first-order chi connectivity index (χ1) is 12.7. The second kappa shape index (κ2) is 7.09. The summed E-state index contributed by atoms with van der Waals surface area (Å²) in [7, 11) is 0. The lowest BCUT2D eigenvalue weighted by atomic mass is 10.2. The Bertz CT molecular complexity index is 822. The molecule has 6 nitrogen and oxygen atoms in total. The van der Waals surface area contributed by atoms with Gasteiger partial charge in [-0.3, -0.25) is 9.59 Å². The van der Waals surface area contributed by atoms with Gasteiger partial charge in [-0.25, -0.2) is 4.98 Å². The van der Waals surface area contributed by atoms with Gasteiger partial charge < -0.3 is 14.4 Å². The van der Waals surface area contributed by atoms with Crippen molar-refractivity contribution in [3.05, 3.63) is 30.1 Å². The summed E-state index contributed by atoms with van der Waals surface area (Å²) in [6, 6.07) is 7.92. The molecule has 138 valence electrons. The Kier molecular flexibility index (Phi) is 4.66. The molecule has 1 aromatic heterocycles. The first kappa shape index (κ1) is 17.1. The molecule has 0 bridgehead atoms. The van der Waals surface area contributed by atoms with E-state index in [4.69, 9.17) is 4.98 Å². The zero-order valence-electron chi connectivity index (χ0n) is 15.4. The number of amides is 2. The van der Waals surface area contributed by atoms with Crippen LogP contribution in [0.3, 0.4) is 0 Å². The van der Waals surface area contributed by atoms with E-state index in [1.165, 1.54) is 0 Å². The maximum Gasteiger partial charge on any atom is 0.242 e. The number of fused-ring (bicyclic) bond motifs is 1. The van der Waals surface area contributed by atoms with Crippen molar-refractivity contribution in [3.63, 3.8) is 0 Å². The molecule has 0 N–H and O–H groups in total. The van der Waals surface area contributed by atoms with Gasteiger partial charge in [0.2, 0.25) is 11.8 Å². The smallest absolute Gasteiger partial charge is 0.242 e. The normalized spacial score (nSPS) is 20.3. The van der Waals surface area contributed by atoms with Crippen LogP contribution in [0.25, 0.3) is 11.0 Å². The van der Waals surface area contributed by atoms with Crippen molar-refractivity contribution in [3.8, 4) is 0 Å². The minimum atomic E-state index is -0.0266. The van der Waals surface area contributed by atoms with Gasteiger partial charge in [-0.2, -0.15) is 0 Å². The molecule has 2 amide bonds. The summed E-state index contributed by atoms with van der Waals surface area (Å²) in [6.45, 7) is 4.69. The van der Waals surface area contributed by atoms with Gasteiger partial charge in [0.1, 0.15) is 12.4 Å². The quantitative estimate of drug-likeness (QED) is 0.848. The van der Waals surface area contributed by atoms with Crippen molar-refractivity contribution < 1.29 is 9.59 Å². The van der Waals surface area contributed by atoms with Crippen molar-refractivity contribution >= 4 is 22.8 Å². The Morgan fingerprint density at radius 2 is 1.85 bits per heavy atom. The Morgan fingerprint density at radius 3 is 2.62 bits per heavy atom. The van der Waals surface area contributed by atoms with Crippen LogP contribution >= 0.6 is 0 Å². The zero-order valence-corrected chi connectivity index (χ0v) is 15.4. The summed E-state index contributed by atoms with van der Waals surface area (Å²) < 4.78 is 2.04. The molecular weight excluding hydrogens is 328 g/mol. The fraction of sp³-hybridized carbons (Fsp3) is 0.550. The lowest BCUT2D eigenvalue weighted by Crippen LogP contribution is -2.34. The van der Waals surface area contributed by atoms with Gasteiger partial charge >= 0.3 is 0 Å². The Labute approximate surface area is 153 Å². The zero-order chi connectivity index (χ0) is 18.1. The fourth-order valence-corrected chi connectivity index (χ4v) is 4.25. The average molecular weight is 354 g/mol. The van der Waals surface area contributed by atoms with Crippen LogP contribution in [0.2, 0.25) is 0 Å². The van der Waals surface area contributed by atoms with Crippen LogP contribution in [-0.4, -0.2) is 50.8 Å². The minimum Gasteiger partial charge on any atom is -0.341 e. The van der Waals surface area contributed by atoms with Gasteiger partial charge in [0, 0.05) is 26.1 Å². The number of para-hydroxylation sites is 2. The van der Waals surface area contributed by atoms with Crippen LogP contribution in [0.15, 0.2) is 24.3 Å². The molecular formula is C20H26N4O2. The van der Waals surface area contributed by atoms with E-state index in [1.54, 1.807) is 0 Å². The SMILES string of the molecule is CCC(=O)N1CCC[C@@H]1c1nc2ccccc2n1CC(=O)N1CCCC1. The predicted molar refractivity (Wildman–Crippen MR) is 99.5 cm³/mol. The van der Waals surface area contributed by atoms with Crippen LogP contribution in [0.1, 0.15) is 50.9 Å². The molecule has 2 aliphatic heterocycles. The largest absolute Gasteiger partial charge is 0.341 e. The number of rotatable bonds is 4. The number of aromatic nitrogens is 2. The Morgan fingerprint density at radius 1 is 1.08 bits per heavy atom. The third-order valence-corrected chi connectivity index (χ3v) is 5.61. The molecule has 2 saturated heterocycles. The molecule has 4 rings (SSSR count). The van der Waals surface area contributed by atoms with Crippen molar-refractivity contribution in [1.82, 2.24) is 19.4 Å². The molecule has 0 aliphatic carbocycles. The van der Waals surface area contributed by atoms with Crippen molar-refractivity contribution in [2.75, 3.05) is 19.6 Å².